The van der Waals surface area contributed by atoms with Crippen molar-refractivity contribution < 1.29 is 13.6 Å². The SMILES string of the molecule is O=C1C=Cc2cc(C3CCC(C4CCCCC4)CC3)ccc2C1(F)F. The molecule has 1 aromatic rings. The second-order valence-electron chi connectivity index (χ2n) is 8.13. The van der Waals surface area contributed by atoms with E-state index in [4.69, 9.17) is 0 Å². The quantitative estimate of drug-likeness (QED) is 0.621. The van der Waals surface area contributed by atoms with Crippen molar-refractivity contribution in [2.75, 3.05) is 0 Å². The van der Waals surface area contributed by atoms with Gasteiger partial charge < -0.3 is 0 Å². The number of carbonyl (C=O) groups is 1. The summed E-state index contributed by atoms with van der Waals surface area (Å²) in [6.07, 6.45) is 14.5. The maximum Gasteiger partial charge on any atom is 0.334 e. The summed E-state index contributed by atoms with van der Waals surface area (Å²) in [5, 5.41) is 0. The molecule has 0 N–H and O–H groups in total. The Kier molecular flexibility index (Phi) is 4.51. The van der Waals surface area contributed by atoms with Crippen LogP contribution < -0.4 is 0 Å². The fourth-order valence-corrected chi connectivity index (χ4v) is 5.19. The first-order valence-corrected chi connectivity index (χ1v) is 9.80. The van der Waals surface area contributed by atoms with E-state index in [1.165, 1.54) is 63.9 Å². The lowest BCUT2D eigenvalue weighted by Crippen LogP contribution is -2.27. The third-order valence-electron chi connectivity index (χ3n) is 6.70. The van der Waals surface area contributed by atoms with E-state index in [2.05, 4.69) is 0 Å². The van der Waals surface area contributed by atoms with Gasteiger partial charge in [-0.3, -0.25) is 4.79 Å². The number of fused-ring (bicyclic) bond motifs is 1. The van der Waals surface area contributed by atoms with Crippen molar-refractivity contribution in [3.8, 4) is 0 Å². The minimum atomic E-state index is -3.37. The summed E-state index contributed by atoms with van der Waals surface area (Å²) in [5.41, 5.74) is 1.53. The molecule has 3 aliphatic rings. The van der Waals surface area contributed by atoms with Crippen LogP contribution in [0.1, 0.15) is 80.4 Å². The van der Waals surface area contributed by atoms with Crippen molar-refractivity contribution >= 4 is 11.9 Å². The van der Waals surface area contributed by atoms with Crippen molar-refractivity contribution in [2.24, 2.45) is 11.8 Å². The molecule has 3 heteroatoms. The second kappa shape index (κ2) is 6.66. The van der Waals surface area contributed by atoms with Gasteiger partial charge in [0, 0.05) is 5.56 Å². The molecule has 134 valence electrons. The molecule has 0 saturated heterocycles. The summed E-state index contributed by atoms with van der Waals surface area (Å²) < 4.78 is 28.0. The van der Waals surface area contributed by atoms with Crippen LogP contribution in [0.25, 0.3) is 6.08 Å². The molecule has 1 aromatic carbocycles. The maximum atomic E-state index is 14.0. The Hall–Kier alpha value is -1.51. The van der Waals surface area contributed by atoms with Gasteiger partial charge in [-0.1, -0.05) is 56.4 Å². The lowest BCUT2D eigenvalue weighted by molar-refractivity contribution is -0.139. The van der Waals surface area contributed by atoms with Crippen LogP contribution in [0.15, 0.2) is 24.3 Å². The number of hydrogen-bond donors (Lipinski definition) is 0. The monoisotopic (exact) mass is 344 g/mol. The number of ketones is 1. The molecule has 2 saturated carbocycles. The number of halogens is 2. The summed E-state index contributed by atoms with van der Waals surface area (Å²) in [4.78, 5) is 11.4. The van der Waals surface area contributed by atoms with Crippen molar-refractivity contribution in [2.45, 2.75) is 69.6 Å². The lowest BCUT2D eigenvalue weighted by Gasteiger charge is -2.36. The normalized spacial score (nSPS) is 29.4. The minimum Gasteiger partial charge on any atom is -0.288 e. The molecule has 0 unspecified atom stereocenters. The van der Waals surface area contributed by atoms with E-state index in [1.807, 2.05) is 12.1 Å². The summed E-state index contributed by atoms with van der Waals surface area (Å²) in [5.74, 6) is -2.21. The highest BCUT2D eigenvalue weighted by Gasteiger charge is 2.42. The molecular formula is C22H26F2O. The molecule has 0 spiro atoms. The predicted molar refractivity (Wildman–Crippen MR) is 95.7 cm³/mol. The van der Waals surface area contributed by atoms with Crippen LogP contribution >= 0.6 is 0 Å². The van der Waals surface area contributed by atoms with Crippen LogP contribution in [0.5, 0.6) is 0 Å². The third kappa shape index (κ3) is 3.18. The number of benzene rings is 1. The van der Waals surface area contributed by atoms with Gasteiger partial charge in [0.2, 0.25) is 5.78 Å². The third-order valence-corrected chi connectivity index (χ3v) is 6.70. The predicted octanol–water partition coefficient (Wildman–Crippen LogP) is 6.23. The molecule has 0 amide bonds. The van der Waals surface area contributed by atoms with Gasteiger partial charge in [-0.2, -0.15) is 8.78 Å². The molecule has 2 fully saturated rings. The van der Waals surface area contributed by atoms with E-state index >= 15 is 0 Å². The summed E-state index contributed by atoms with van der Waals surface area (Å²) in [7, 11) is 0. The van der Waals surface area contributed by atoms with Crippen LogP contribution in [-0.2, 0) is 10.7 Å². The average Bonchev–Trinajstić information content (AvgIpc) is 2.66. The van der Waals surface area contributed by atoms with Gasteiger partial charge in [-0.05, 0) is 60.6 Å². The molecule has 0 aromatic heterocycles. The number of alkyl halides is 2. The zero-order valence-corrected chi connectivity index (χ0v) is 14.6. The van der Waals surface area contributed by atoms with E-state index in [9.17, 15) is 13.6 Å². The van der Waals surface area contributed by atoms with Gasteiger partial charge >= 0.3 is 5.92 Å². The summed E-state index contributed by atoms with van der Waals surface area (Å²) in [6, 6.07) is 5.18. The second-order valence-corrected chi connectivity index (χ2v) is 8.13. The standard InChI is InChI=1S/C22H26F2O/c23-22(24)20-12-10-18(14-19(20)11-13-21(22)25)17-8-6-16(7-9-17)15-4-2-1-3-5-15/h10-17H,1-9H2. The van der Waals surface area contributed by atoms with Crippen LogP contribution in [-0.4, -0.2) is 5.78 Å². The van der Waals surface area contributed by atoms with Crippen LogP contribution in [0, 0.1) is 11.8 Å². The Morgan fingerprint density at radius 3 is 2.24 bits per heavy atom. The van der Waals surface area contributed by atoms with Gasteiger partial charge in [0.25, 0.3) is 0 Å². The van der Waals surface area contributed by atoms with E-state index in [0.717, 1.165) is 23.5 Å². The summed E-state index contributed by atoms with van der Waals surface area (Å²) >= 11 is 0. The molecule has 0 atom stereocenters. The number of carbonyl (C=O) groups excluding carboxylic acids is 1. The van der Waals surface area contributed by atoms with Crippen molar-refractivity contribution in [3.63, 3.8) is 0 Å². The zero-order valence-electron chi connectivity index (χ0n) is 14.6. The highest BCUT2D eigenvalue weighted by Crippen LogP contribution is 2.44. The van der Waals surface area contributed by atoms with Crippen molar-refractivity contribution in [1.29, 1.82) is 0 Å². The highest BCUT2D eigenvalue weighted by atomic mass is 19.3. The average molecular weight is 344 g/mol. The first-order valence-electron chi connectivity index (χ1n) is 9.80. The smallest absolute Gasteiger partial charge is 0.288 e. The molecule has 0 bridgehead atoms. The Bertz CT molecular complexity index is 677. The molecule has 0 radical (unpaired) electrons. The van der Waals surface area contributed by atoms with E-state index in [1.54, 1.807) is 6.08 Å². The van der Waals surface area contributed by atoms with E-state index in [0.29, 0.717) is 11.5 Å². The largest absolute Gasteiger partial charge is 0.334 e. The van der Waals surface area contributed by atoms with E-state index < -0.39 is 11.7 Å². The molecule has 1 nitrogen and oxygen atoms in total. The van der Waals surface area contributed by atoms with Crippen LogP contribution in [0.2, 0.25) is 0 Å². The molecule has 4 rings (SSSR count). The maximum absolute atomic E-state index is 14.0. The Labute approximate surface area is 148 Å². The first kappa shape index (κ1) is 16.9. The first-order chi connectivity index (χ1) is 12.1. The van der Waals surface area contributed by atoms with Crippen molar-refractivity contribution in [3.05, 3.63) is 41.0 Å². The van der Waals surface area contributed by atoms with Gasteiger partial charge in [-0.15, -0.1) is 0 Å². The van der Waals surface area contributed by atoms with Crippen LogP contribution in [0.3, 0.4) is 0 Å². The molecule has 0 aliphatic heterocycles. The van der Waals surface area contributed by atoms with Gasteiger partial charge in [0.05, 0.1) is 0 Å². The van der Waals surface area contributed by atoms with Gasteiger partial charge in [0.1, 0.15) is 0 Å². The molecule has 25 heavy (non-hydrogen) atoms. The Balaban J connectivity index is 1.46. The molecular weight excluding hydrogens is 318 g/mol. The Morgan fingerprint density at radius 1 is 0.840 bits per heavy atom. The van der Waals surface area contributed by atoms with Gasteiger partial charge in [0.15, 0.2) is 0 Å². The fourth-order valence-electron chi connectivity index (χ4n) is 5.19. The highest BCUT2D eigenvalue weighted by molar-refractivity contribution is 6.02. The zero-order chi connectivity index (χ0) is 17.4. The fraction of sp³-hybridized carbons (Fsp3) is 0.591. The van der Waals surface area contributed by atoms with E-state index in [-0.39, 0.29) is 5.56 Å². The lowest BCUT2D eigenvalue weighted by atomic mass is 9.69. The topological polar surface area (TPSA) is 17.1 Å². The van der Waals surface area contributed by atoms with Crippen molar-refractivity contribution in [1.82, 2.24) is 0 Å². The minimum absolute atomic E-state index is 0.139. The Morgan fingerprint density at radius 2 is 1.52 bits per heavy atom. The van der Waals surface area contributed by atoms with Crippen LogP contribution in [0.4, 0.5) is 8.78 Å². The van der Waals surface area contributed by atoms with Gasteiger partial charge in [-0.25, -0.2) is 0 Å². The molecule has 0 heterocycles. The molecule has 3 aliphatic carbocycles. The summed E-state index contributed by atoms with van der Waals surface area (Å²) in [6.45, 7) is 0. The number of allylic oxidation sites excluding steroid dienone is 1. The number of rotatable bonds is 2. The number of hydrogen-bond acceptors (Lipinski definition) is 1.